The van der Waals surface area contributed by atoms with Crippen molar-refractivity contribution < 1.29 is 13.6 Å². The molecule has 0 aromatic heterocycles. The third-order valence-electron chi connectivity index (χ3n) is 1.31. The Hall–Kier alpha value is 0.630. The zero-order chi connectivity index (χ0) is 11.2. The highest BCUT2D eigenvalue weighted by Gasteiger charge is 2.26. The van der Waals surface area contributed by atoms with Crippen molar-refractivity contribution in [1.82, 2.24) is 0 Å². The highest BCUT2D eigenvalue weighted by molar-refractivity contribution is 9.09. The molecule has 0 aromatic carbocycles. The number of rotatable bonds is 7. The first-order valence-corrected chi connectivity index (χ1v) is 7.76. The summed E-state index contributed by atoms with van der Waals surface area (Å²) in [5.41, 5.74) is 0. The summed E-state index contributed by atoms with van der Waals surface area (Å²) in [5.74, 6) is 0. The standard InChI is InChI=1S/C9H20BrO3P/c1-8(2)12-14(11,7-5-6-10)13-9(3)4/h8-9H,5-7H2,1-4H3. The molecule has 14 heavy (non-hydrogen) atoms. The van der Waals surface area contributed by atoms with Crippen molar-refractivity contribution in [3.63, 3.8) is 0 Å². The Morgan fingerprint density at radius 1 is 1.14 bits per heavy atom. The van der Waals surface area contributed by atoms with Gasteiger partial charge >= 0.3 is 7.60 Å². The van der Waals surface area contributed by atoms with E-state index in [2.05, 4.69) is 15.9 Å². The maximum Gasteiger partial charge on any atom is 0.331 e. The van der Waals surface area contributed by atoms with Crippen LogP contribution < -0.4 is 0 Å². The summed E-state index contributed by atoms with van der Waals surface area (Å²) in [6, 6.07) is 0. The van der Waals surface area contributed by atoms with Crippen molar-refractivity contribution in [2.75, 3.05) is 11.5 Å². The van der Waals surface area contributed by atoms with Gasteiger partial charge in [-0.15, -0.1) is 0 Å². The number of halogens is 1. The van der Waals surface area contributed by atoms with Gasteiger partial charge in [-0.2, -0.15) is 0 Å². The van der Waals surface area contributed by atoms with Crippen LogP contribution in [0.25, 0.3) is 0 Å². The van der Waals surface area contributed by atoms with Gasteiger partial charge in [0.2, 0.25) is 0 Å². The fourth-order valence-corrected chi connectivity index (χ4v) is 3.83. The molecule has 0 aliphatic heterocycles. The van der Waals surface area contributed by atoms with Crippen molar-refractivity contribution in [3.05, 3.63) is 0 Å². The van der Waals surface area contributed by atoms with Gasteiger partial charge < -0.3 is 9.05 Å². The quantitative estimate of drug-likeness (QED) is 0.527. The largest absolute Gasteiger partial charge is 0.331 e. The lowest BCUT2D eigenvalue weighted by Crippen LogP contribution is -2.10. The van der Waals surface area contributed by atoms with Gasteiger partial charge in [0.15, 0.2) is 0 Å². The fourth-order valence-electron chi connectivity index (χ4n) is 1.03. The topological polar surface area (TPSA) is 35.5 Å². The summed E-state index contributed by atoms with van der Waals surface area (Å²) in [6.07, 6.45) is 1.16. The molecule has 0 aliphatic carbocycles. The lowest BCUT2D eigenvalue weighted by Gasteiger charge is -2.22. The van der Waals surface area contributed by atoms with Crippen molar-refractivity contribution in [2.24, 2.45) is 0 Å². The van der Waals surface area contributed by atoms with Crippen LogP contribution in [0.4, 0.5) is 0 Å². The molecule has 0 saturated heterocycles. The molecular weight excluding hydrogens is 267 g/mol. The Kier molecular flexibility index (Phi) is 7.31. The Morgan fingerprint density at radius 3 is 1.86 bits per heavy atom. The zero-order valence-corrected chi connectivity index (χ0v) is 11.8. The SMILES string of the molecule is CC(C)OP(=O)(CCCBr)OC(C)C. The van der Waals surface area contributed by atoms with E-state index < -0.39 is 7.60 Å². The maximum absolute atomic E-state index is 12.1. The molecule has 5 heteroatoms. The van der Waals surface area contributed by atoms with E-state index >= 15 is 0 Å². The van der Waals surface area contributed by atoms with E-state index in [9.17, 15) is 4.57 Å². The van der Waals surface area contributed by atoms with Crippen LogP contribution in [0.1, 0.15) is 34.1 Å². The summed E-state index contributed by atoms with van der Waals surface area (Å²) in [4.78, 5) is 0. The van der Waals surface area contributed by atoms with Gasteiger partial charge in [-0.05, 0) is 34.1 Å². The van der Waals surface area contributed by atoms with E-state index in [1.54, 1.807) is 0 Å². The molecule has 0 atom stereocenters. The van der Waals surface area contributed by atoms with Crippen LogP contribution in [-0.2, 0) is 13.6 Å². The van der Waals surface area contributed by atoms with Gasteiger partial charge in [-0.1, -0.05) is 15.9 Å². The second kappa shape index (κ2) is 7.00. The second-order valence-corrected chi connectivity index (χ2v) is 6.57. The van der Waals surface area contributed by atoms with Crippen LogP contribution in [0.15, 0.2) is 0 Å². The smallest absolute Gasteiger partial charge is 0.306 e. The van der Waals surface area contributed by atoms with Crippen LogP contribution in [0.2, 0.25) is 0 Å². The first-order valence-electron chi connectivity index (χ1n) is 4.91. The van der Waals surface area contributed by atoms with Gasteiger partial charge in [0.25, 0.3) is 0 Å². The Balaban J connectivity index is 4.26. The van der Waals surface area contributed by atoms with E-state index in [0.717, 1.165) is 11.8 Å². The van der Waals surface area contributed by atoms with E-state index in [4.69, 9.17) is 9.05 Å². The average Bonchev–Trinajstić information content (AvgIpc) is 1.97. The molecule has 86 valence electrons. The molecule has 0 fully saturated rings. The van der Waals surface area contributed by atoms with Crippen molar-refractivity contribution in [1.29, 1.82) is 0 Å². The summed E-state index contributed by atoms with van der Waals surface area (Å²) < 4.78 is 22.9. The molecule has 0 unspecified atom stereocenters. The minimum absolute atomic E-state index is 0.0603. The predicted molar refractivity (Wildman–Crippen MR) is 63.3 cm³/mol. The molecule has 0 N–H and O–H groups in total. The fraction of sp³-hybridized carbons (Fsp3) is 1.00. The maximum atomic E-state index is 12.1. The molecule has 0 radical (unpaired) electrons. The number of alkyl halides is 1. The lowest BCUT2D eigenvalue weighted by molar-refractivity contribution is 0.142. The van der Waals surface area contributed by atoms with Gasteiger partial charge in [0, 0.05) is 5.33 Å². The molecule has 3 nitrogen and oxygen atoms in total. The van der Waals surface area contributed by atoms with E-state index in [0.29, 0.717) is 6.16 Å². The van der Waals surface area contributed by atoms with E-state index in [1.165, 1.54) is 0 Å². The molecule has 0 amide bonds. The van der Waals surface area contributed by atoms with Crippen molar-refractivity contribution in [2.45, 2.75) is 46.3 Å². The van der Waals surface area contributed by atoms with E-state index in [-0.39, 0.29) is 12.2 Å². The zero-order valence-electron chi connectivity index (χ0n) is 9.33. The van der Waals surface area contributed by atoms with Gasteiger partial charge in [0.05, 0.1) is 18.4 Å². The normalized spacial score (nSPS) is 12.8. The van der Waals surface area contributed by atoms with Crippen LogP contribution in [-0.4, -0.2) is 23.7 Å². The molecule has 0 aliphatic rings. The van der Waals surface area contributed by atoms with Crippen LogP contribution in [0, 0.1) is 0 Å². The van der Waals surface area contributed by atoms with Crippen molar-refractivity contribution in [3.8, 4) is 0 Å². The Labute approximate surface area is 95.2 Å². The minimum atomic E-state index is -2.88. The molecule has 0 saturated carbocycles. The van der Waals surface area contributed by atoms with Gasteiger partial charge in [-0.25, -0.2) is 0 Å². The van der Waals surface area contributed by atoms with Gasteiger partial charge in [-0.3, -0.25) is 4.57 Å². The van der Waals surface area contributed by atoms with Gasteiger partial charge in [0.1, 0.15) is 0 Å². The predicted octanol–water partition coefficient (Wildman–Crippen LogP) is 3.81. The van der Waals surface area contributed by atoms with E-state index in [1.807, 2.05) is 27.7 Å². The van der Waals surface area contributed by atoms with Crippen LogP contribution in [0.5, 0.6) is 0 Å². The number of hydrogen-bond donors (Lipinski definition) is 0. The number of hydrogen-bond acceptors (Lipinski definition) is 3. The molecule has 0 bridgehead atoms. The molecule has 0 heterocycles. The average molecular weight is 287 g/mol. The Morgan fingerprint density at radius 2 is 1.57 bits per heavy atom. The molecule has 0 rings (SSSR count). The first-order chi connectivity index (χ1) is 6.39. The lowest BCUT2D eigenvalue weighted by atomic mass is 10.5. The summed E-state index contributed by atoms with van der Waals surface area (Å²) in [5, 5.41) is 0.819. The highest BCUT2D eigenvalue weighted by atomic mass is 79.9. The molecule has 0 spiro atoms. The summed E-state index contributed by atoms with van der Waals surface area (Å²) in [7, 11) is -2.88. The highest BCUT2D eigenvalue weighted by Crippen LogP contribution is 2.50. The van der Waals surface area contributed by atoms with Crippen LogP contribution in [0.3, 0.4) is 0 Å². The minimum Gasteiger partial charge on any atom is -0.306 e. The Bertz CT molecular complexity index is 180. The summed E-state index contributed by atoms with van der Waals surface area (Å²) in [6.45, 7) is 7.46. The molecule has 0 aromatic rings. The third-order valence-corrected chi connectivity index (χ3v) is 4.22. The monoisotopic (exact) mass is 286 g/mol. The van der Waals surface area contributed by atoms with Crippen LogP contribution >= 0.6 is 23.5 Å². The first kappa shape index (κ1) is 14.6. The second-order valence-electron chi connectivity index (χ2n) is 3.69. The third kappa shape index (κ3) is 6.99. The summed E-state index contributed by atoms with van der Waals surface area (Å²) >= 11 is 3.30. The molecular formula is C9H20BrO3P. The van der Waals surface area contributed by atoms with Crippen molar-refractivity contribution >= 4 is 23.5 Å².